The number of ketones is 1. The SMILES string of the molecule is C[C@@H](N)C(=O)CC(Cc1cccc(F)c1)C(=O)O. The minimum Gasteiger partial charge on any atom is -0.481 e. The molecule has 0 saturated carbocycles. The molecule has 0 aliphatic rings. The Hall–Kier alpha value is -1.75. The molecule has 0 bridgehead atoms. The van der Waals surface area contributed by atoms with Gasteiger partial charge >= 0.3 is 5.97 Å². The van der Waals surface area contributed by atoms with Gasteiger partial charge in [-0.05, 0) is 31.0 Å². The number of carboxylic acid groups (broad SMARTS) is 1. The summed E-state index contributed by atoms with van der Waals surface area (Å²) < 4.78 is 13.0. The van der Waals surface area contributed by atoms with Gasteiger partial charge in [-0.15, -0.1) is 0 Å². The van der Waals surface area contributed by atoms with E-state index < -0.39 is 23.7 Å². The topological polar surface area (TPSA) is 80.4 Å². The first-order valence-electron chi connectivity index (χ1n) is 5.65. The minimum absolute atomic E-state index is 0.117. The number of carboxylic acids is 1. The molecule has 98 valence electrons. The molecule has 18 heavy (non-hydrogen) atoms. The molecule has 5 heteroatoms. The van der Waals surface area contributed by atoms with Crippen LogP contribution in [0.3, 0.4) is 0 Å². The fraction of sp³-hybridized carbons (Fsp3) is 0.385. The number of halogens is 1. The van der Waals surface area contributed by atoms with E-state index in [9.17, 15) is 14.0 Å². The summed E-state index contributed by atoms with van der Waals surface area (Å²) in [5, 5.41) is 9.05. The van der Waals surface area contributed by atoms with Crippen LogP contribution in [0.25, 0.3) is 0 Å². The third-order valence-corrected chi connectivity index (χ3v) is 2.68. The molecule has 0 fully saturated rings. The molecule has 1 aromatic carbocycles. The smallest absolute Gasteiger partial charge is 0.307 e. The number of hydrogen-bond acceptors (Lipinski definition) is 3. The zero-order chi connectivity index (χ0) is 13.7. The maximum absolute atomic E-state index is 13.0. The number of nitrogens with two attached hydrogens (primary N) is 1. The van der Waals surface area contributed by atoms with Crippen molar-refractivity contribution in [2.45, 2.75) is 25.8 Å². The average molecular weight is 253 g/mol. The molecule has 1 aromatic rings. The monoisotopic (exact) mass is 253 g/mol. The van der Waals surface area contributed by atoms with E-state index in [0.29, 0.717) is 5.56 Å². The van der Waals surface area contributed by atoms with Crippen LogP contribution in [-0.2, 0) is 16.0 Å². The van der Waals surface area contributed by atoms with Crippen molar-refractivity contribution in [2.75, 3.05) is 0 Å². The van der Waals surface area contributed by atoms with E-state index >= 15 is 0 Å². The van der Waals surface area contributed by atoms with E-state index in [2.05, 4.69) is 0 Å². The fourth-order valence-electron chi connectivity index (χ4n) is 1.62. The van der Waals surface area contributed by atoms with E-state index in [1.807, 2.05) is 0 Å². The first-order chi connectivity index (χ1) is 8.40. The predicted molar refractivity (Wildman–Crippen MR) is 64.5 cm³/mol. The maximum atomic E-state index is 13.0. The van der Waals surface area contributed by atoms with Crippen molar-refractivity contribution in [1.29, 1.82) is 0 Å². The first kappa shape index (κ1) is 14.3. The number of benzene rings is 1. The minimum atomic E-state index is -1.08. The van der Waals surface area contributed by atoms with Gasteiger partial charge in [-0.25, -0.2) is 4.39 Å². The summed E-state index contributed by atoms with van der Waals surface area (Å²) in [6.07, 6.45) is -0.0188. The Morgan fingerprint density at radius 2 is 2.11 bits per heavy atom. The Bertz CT molecular complexity index is 446. The Morgan fingerprint density at radius 3 is 2.61 bits per heavy atom. The summed E-state index contributed by atoms with van der Waals surface area (Å²) in [7, 11) is 0. The lowest BCUT2D eigenvalue weighted by molar-refractivity contribution is -0.143. The number of rotatable bonds is 6. The third-order valence-electron chi connectivity index (χ3n) is 2.68. The molecule has 0 aliphatic carbocycles. The Morgan fingerprint density at radius 1 is 1.44 bits per heavy atom. The molecule has 1 rings (SSSR count). The molecule has 0 heterocycles. The Labute approximate surface area is 105 Å². The second-order valence-corrected chi connectivity index (χ2v) is 4.33. The van der Waals surface area contributed by atoms with E-state index in [1.54, 1.807) is 6.07 Å². The second kappa shape index (κ2) is 6.26. The van der Waals surface area contributed by atoms with Crippen LogP contribution in [0.15, 0.2) is 24.3 Å². The van der Waals surface area contributed by atoms with Crippen molar-refractivity contribution in [3.05, 3.63) is 35.6 Å². The van der Waals surface area contributed by atoms with Gasteiger partial charge in [-0.2, -0.15) is 0 Å². The molecule has 4 nitrogen and oxygen atoms in total. The molecule has 0 amide bonds. The van der Waals surface area contributed by atoms with Crippen molar-refractivity contribution >= 4 is 11.8 Å². The lowest BCUT2D eigenvalue weighted by Gasteiger charge is -2.13. The van der Waals surface area contributed by atoms with Gasteiger partial charge in [0.2, 0.25) is 0 Å². The van der Waals surface area contributed by atoms with Gasteiger partial charge in [0.05, 0.1) is 12.0 Å². The number of aliphatic carboxylic acids is 1. The standard InChI is InChI=1S/C13H16FNO3/c1-8(15)12(16)7-10(13(17)18)5-9-3-2-4-11(14)6-9/h2-4,6,8,10H,5,7,15H2,1H3,(H,17,18)/t8-,10?/m1/s1. The lowest BCUT2D eigenvalue weighted by atomic mass is 9.93. The third kappa shape index (κ3) is 4.25. The highest BCUT2D eigenvalue weighted by molar-refractivity contribution is 5.87. The summed E-state index contributed by atoms with van der Waals surface area (Å²) in [6.45, 7) is 1.52. The zero-order valence-electron chi connectivity index (χ0n) is 10.1. The van der Waals surface area contributed by atoms with Crippen LogP contribution in [0, 0.1) is 11.7 Å². The zero-order valence-corrected chi connectivity index (χ0v) is 10.1. The van der Waals surface area contributed by atoms with Crippen molar-refractivity contribution in [3.63, 3.8) is 0 Å². The van der Waals surface area contributed by atoms with Gasteiger partial charge in [0.25, 0.3) is 0 Å². The first-order valence-corrected chi connectivity index (χ1v) is 5.65. The molecule has 0 radical (unpaired) electrons. The van der Waals surface area contributed by atoms with Crippen LogP contribution < -0.4 is 5.73 Å². The number of carbonyl (C=O) groups is 2. The van der Waals surface area contributed by atoms with Crippen molar-refractivity contribution < 1.29 is 19.1 Å². The molecule has 2 atom stereocenters. The predicted octanol–water partition coefficient (Wildman–Crippen LogP) is 1.38. The van der Waals surface area contributed by atoms with Crippen LogP contribution in [0.4, 0.5) is 4.39 Å². The van der Waals surface area contributed by atoms with Gasteiger partial charge < -0.3 is 10.8 Å². The average Bonchev–Trinajstić information content (AvgIpc) is 2.27. The molecular formula is C13H16FNO3. The van der Waals surface area contributed by atoms with Crippen LogP contribution in [0.1, 0.15) is 18.9 Å². The number of carbonyl (C=O) groups excluding carboxylic acids is 1. The van der Waals surface area contributed by atoms with Crippen molar-refractivity contribution in [1.82, 2.24) is 0 Å². The summed E-state index contributed by atoms with van der Waals surface area (Å²) in [4.78, 5) is 22.5. The summed E-state index contributed by atoms with van der Waals surface area (Å²) >= 11 is 0. The summed E-state index contributed by atoms with van der Waals surface area (Å²) in [5.74, 6) is -2.67. The summed E-state index contributed by atoms with van der Waals surface area (Å²) in [5.41, 5.74) is 5.95. The highest BCUT2D eigenvalue weighted by Gasteiger charge is 2.23. The van der Waals surface area contributed by atoms with Gasteiger partial charge in [0.15, 0.2) is 0 Å². The van der Waals surface area contributed by atoms with E-state index in [1.165, 1.54) is 25.1 Å². The van der Waals surface area contributed by atoms with Crippen LogP contribution in [0.2, 0.25) is 0 Å². The molecule has 3 N–H and O–H groups in total. The highest BCUT2D eigenvalue weighted by Crippen LogP contribution is 2.15. The van der Waals surface area contributed by atoms with E-state index in [4.69, 9.17) is 10.8 Å². The molecule has 0 spiro atoms. The van der Waals surface area contributed by atoms with Crippen molar-refractivity contribution in [2.24, 2.45) is 11.7 Å². The molecule has 0 aliphatic heterocycles. The Balaban J connectivity index is 2.75. The van der Waals surface area contributed by atoms with E-state index in [0.717, 1.165) is 0 Å². The maximum Gasteiger partial charge on any atom is 0.307 e. The lowest BCUT2D eigenvalue weighted by Crippen LogP contribution is -2.31. The van der Waals surface area contributed by atoms with Crippen LogP contribution in [-0.4, -0.2) is 22.9 Å². The molecule has 0 saturated heterocycles. The van der Waals surface area contributed by atoms with Crippen LogP contribution in [0.5, 0.6) is 0 Å². The molecular weight excluding hydrogens is 237 g/mol. The number of hydrogen-bond donors (Lipinski definition) is 2. The van der Waals surface area contributed by atoms with Gasteiger partial charge in [0, 0.05) is 6.42 Å². The summed E-state index contributed by atoms with van der Waals surface area (Å²) in [6, 6.07) is 5.02. The number of Topliss-reactive ketones (excluding diaryl/α,β-unsaturated/α-hetero) is 1. The largest absolute Gasteiger partial charge is 0.481 e. The fourth-order valence-corrected chi connectivity index (χ4v) is 1.62. The quantitative estimate of drug-likeness (QED) is 0.802. The molecule has 1 unspecified atom stereocenters. The van der Waals surface area contributed by atoms with E-state index in [-0.39, 0.29) is 18.6 Å². The molecule has 0 aromatic heterocycles. The second-order valence-electron chi connectivity index (χ2n) is 4.33. The normalized spacial score (nSPS) is 13.9. The van der Waals surface area contributed by atoms with Crippen molar-refractivity contribution in [3.8, 4) is 0 Å². The van der Waals surface area contributed by atoms with Gasteiger partial charge in [-0.3, -0.25) is 9.59 Å². The highest BCUT2D eigenvalue weighted by atomic mass is 19.1. The Kier molecular flexibility index (Phi) is 4.97. The van der Waals surface area contributed by atoms with Crippen LogP contribution >= 0.6 is 0 Å². The van der Waals surface area contributed by atoms with Gasteiger partial charge in [-0.1, -0.05) is 12.1 Å². The van der Waals surface area contributed by atoms with Gasteiger partial charge in [0.1, 0.15) is 11.6 Å².